The largest absolute Gasteiger partial charge is 0.345 e. The van der Waals surface area contributed by atoms with Gasteiger partial charge in [0.25, 0.3) is 5.91 Å². The van der Waals surface area contributed by atoms with E-state index in [1.165, 1.54) is 0 Å². The highest BCUT2D eigenvalue weighted by Crippen LogP contribution is 2.15. The van der Waals surface area contributed by atoms with Gasteiger partial charge in [0.2, 0.25) is 5.91 Å². The zero-order valence-corrected chi connectivity index (χ0v) is 16.8. The molecule has 0 bridgehead atoms. The standard InChI is InChI=1S/C19H31N3O2.ClH/c1-6-19(7-2,13-20)21-17(23)16-10-8-15(9-11-16)12-22(5)18(24)14(3)4;/h8-11,14H,6-7,12-13,20H2,1-5H3,(H,21,23);1H. The van der Waals surface area contributed by atoms with E-state index in [0.717, 1.165) is 18.4 Å². The Kier molecular flexibility index (Phi) is 9.75. The van der Waals surface area contributed by atoms with Crippen molar-refractivity contribution in [3.8, 4) is 0 Å². The van der Waals surface area contributed by atoms with Gasteiger partial charge in [-0.3, -0.25) is 9.59 Å². The van der Waals surface area contributed by atoms with E-state index >= 15 is 0 Å². The zero-order chi connectivity index (χ0) is 18.3. The lowest BCUT2D eigenvalue weighted by Gasteiger charge is -2.31. The molecule has 0 saturated heterocycles. The van der Waals surface area contributed by atoms with E-state index in [1.807, 2.05) is 39.8 Å². The van der Waals surface area contributed by atoms with Gasteiger partial charge in [0.15, 0.2) is 0 Å². The van der Waals surface area contributed by atoms with Crippen LogP contribution in [0.25, 0.3) is 0 Å². The van der Waals surface area contributed by atoms with Crippen LogP contribution in [0.15, 0.2) is 24.3 Å². The van der Waals surface area contributed by atoms with Gasteiger partial charge in [-0.05, 0) is 30.5 Å². The normalized spacial score (nSPS) is 11.0. The maximum Gasteiger partial charge on any atom is 0.251 e. The summed E-state index contributed by atoms with van der Waals surface area (Å²) in [5, 5.41) is 3.06. The van der Waals surface area contributed by atoms with Crippen LogP contribution in [-0.4, -0.2) is 35.8 Å². The fourth-order valence-electron chi connectivity index (χ4n) is 2.63. The Balaban J connectivity index is 0.00000576. The van der Waals surface area contributed by atoms with Gasteiger partial charge in [0.05, 0.1) is 5.54 Å². The third kappa shape index (κ3) is 6.33. The van der Waals surface area contributed by atoms with E-state index in [-0.39, 0.29) is 35.7 Å². The first-order valence-electron chi connectivity index (χ1n) is 8.65. The van der Waals surface area contributed by atoms with Crippen molar-refractivity contribution in [1.29, 1.82) is 0 Å². The molecule has 0 aliphatic rings. The molecule has 25 heavy (non-hydrogen) atoms. The maximum absolute atomic E-state index is 12.4. The number of rotatable bonds is 8. The number of halogens is 1. The van der Waals surface area contributed by atoms with E-state index in [0.29, 0.717) is 18.7 Å². The maximum atomic E-state index is 12.4. The van der Waals surface area contributed by atoms with E-state index in [9.17, 15) is 9.59 Å². The van der Waals surface area contributed by atoms with Crippen molar-refractivity contribution < 1.29 is 9.59 Å². The van der Waals surface area contributed by atoms with E-state index in [1.54, 1.807) is 24.1 Å². The Hall–Kier alpha value is -1.59. The summed E-state index contributed by atoms with van der Waals surface area (Å²) in [6, 6.07) is 7.37. The lowest BCUT2D eigenvalue weighted by Crippen LogP contribution is -2.52. The van der Waals surface area contributed by atoms with Gasteiger partial charge >= 0.3 is 0 Å². The first-order chi connectivity index (χ1) is 11.3. The molecule has 0 aliphatic carbocycles. The Morgan fingerprint density at radius 1 is 1.16 bits per heavy atom. The Bertz CT molecular complexity index is 546. The van der Waals surface area contributed by atoms with Gasteiger partial charge in [-0.2, -0.15) is 0 Å². The third-order valence-corrected chi connectivity index (χ3v) is 4.63. The van der Waals surface area contributed by atoms with Crippen LogP contribution in [0.2, 0.25) is 0 Å². The number of carbonyl (C=O) groups is 2. The van der Waals surface area contributed by atoms with Crippen LogP contribution in [0.5, 0.6) is 0 Å². The molecule has 0 atom stereocenters. The predicted octanol–water partition coefficient (Wildman–Crippen LogP) is 2.97. The van der Waals surface area contributed by atoms with Crippen LogP contribution in [0.3, 0.4) is 0 Å². The van der Waals surface area contributed by atoms with Gasteiger partial charge in [-0.15, -0.1) is 12.4 Å². The molecule has 6 heteroatoms. The Labute approximate surface area is 157 Å². The first-order valence-corrected chi connectivity index (χ1v) is 8.65. The molecule has 0 saturated carbocycles. The molecule has 0 heterocycles. The van der Waals surface area contributed by atoms with Crippen molar-refractivity contribution in [2.75, 3.05) is 13.6 Å². The summed E-state index contributed by atoms with van der Waals surface area (Å²) in [7, 11) is 1.79. The Morgan fingerprint density at radius 2 is 1.68 bits per heavy atom. The van der Waals surface area contributed by atoms with Crippen molar-refractivity contribution in [3.63, 3.8) is 0 Å². The fraction of sp³-hybridized carbons (Fsp3) is 0.579. The molecule has 5 nitrogen and oxygen atoms in total. The number of hydrogen-bond donors (Lipinski definition) is 2. The number of nitrogens with one attached hydrogen (secondary N) is 1. The monoisotopic (exact) mass is 369 g/mol. The summed E-state index contributed by atoms with van der Waals surface area (Å²) in [5.41, 5.74) is 7.09. The van der Waals surface area contributed by atoms with E-state index in [2.05, 4.69) is 5.32 Å². The molecule has 142 valence electrons. The van der Waals surface area contributed by atoms with Gasteiger partial charge in [-0.25, -0.2) is 0 Å². The number of benzene rings is 1. The molecule has 1 aromatic rings. The predicted molar refractivity (Wildman–Crippen MR) is 105 cm³/mol. The molecular formula is C19H32ClN3O2. The van der Waals surface area contributed by atoms with Gasteiger partial charge in [-0.1, -0.05) is 39.8 Å². The fourth-order valence-corrected chi connectivity index (χ4v) is 2.63. The second kappa shape index (κ2) is 10.4. The quantitative estimate of drug-likeness (QED) is 0.739. The van der Waals surface area contributed by atoms with E-state index < -0.39 is 0 Å². The topological polar surface area (TPSA) is 75.4 Å². The van der Waals surface area contributed by atoms with Crippen LogP contribution in [0.1, 0.15) is 56.5 Å². The second-order valence-electron chi connectivity index (χ2n) is 6.69. The minimum atomic E-state index is -0.348. The molecule has 1 aromatic carbocycles. The minimum Gasteiger partial charge on any atom is -0.345 e. The second-order valence-corrected chi connectivity index (χ2v) is 6.69. The molecule has 0 radical (unpaired) electrons. The lowest BCUT2D eigenvalue weighted by atomic mass is 9.92. The molecule has 0 fully saturated rings. The molecule has 0 aromatic heterocycles. The molecule has 0 spiro atoms. The third-order valence-electron chi connectivity index (χ3n) is 4.63. The highest BCUT2D eigenvalue weighted by molar-refractivity contribution is 5.94. The molecule has 1 rings (SSSR count). The van der Waals surface area contributed by atoms with Crippen molar-refractivity contribution in [3.05, 3.63) is 35.4 Å². The summed E-state index contributed by atoms with van der Waals surface area (Å²) >= 11 is 0. The average molecular weight is 370 g/mol. The summed E-state index contributed by atoms with van der Waals surface area (Å²) in [5.74, 6) is -0.0229. The van der Waals surface area contributed by atoms with Gasteiger partial charge in [0.1, 0.15) is 0 Å². The van der Waals surface area contributed by atoms with Gasteiger partial charge < -0.3 is 16.0 Å². The van der Waals surface area contributed by atoms with Crippen LogP contribution in [-0.2, 0) is 11.3 Å². The minimum absolute atomic E-state index is 0. The molecule has 0 aliphatic heterocycles. The molecule has 0 unspecified atom stereocenters. The lowest BCUT2D eigenvalue weighted by molar-refractivity contribution is -0.133. The SMILES string of the molecule is CCC(CC)(CN)NC(=O)c1ccc(CN(C)C(=O)C(C)C)cc1.Cl. The summed E-state index contributed by atoms with van der Waals surface area (Å²) < 4.78 is 0. The number of carbonyl (C=O) groups excluding carboxylic acids is 2. The molecule has 2 amide bonds. The van der Waals surface area contributed by atoms with Gasteiger partial charge in [0, 0.05) is 31.6 Å². The van der Waals surface area contributed by atoms with Crippen molar-refractivity contribution >= 4 is 24.2 Å². The summed E-state index contributed by atoms with van der Waals surface area (Å²) in [4.78, 5) is 26.1. The molecular weight excluding hydrogens is 338 g/mol. The number of nitrogens with zero attached hydrogens (tertiary/aromatic N) is 1. The van der Waals surface area contributed by atoms with Crippen molar-refractivity contribution in [2.24, 2.45) is 11.7 Å². The van der Waals surface area contributed by atoms with Crippen LogP contribution < -0.4 is 11.1 Å². The van der Waals surface area contributed by atoms with Crippen LogP contribution >= 0.6 is 12.4 Å². The number of nitrogens with two attached hydrogens (primary N) is 1. The number of amides is 2. The molecule has 3 N–H and O–H groups in total. The highest BCUT2D eigenvalue weighted by atomic mass is 35.5. The van der Waals surface area contributed by atoms with E-state index in [4.69, 9.17) is 5.73 Å². The smallest absolute Gasteiger partial charge is 0.251 e. The summed E-state index contributed by atoms with van der Waals surface area (Å²) in [6.07, 6.45) is 1.60. The van der Waals surface area contributed by atoms with Crippen molar-refractivity contribution in [1.82, 2.24) is 10.2 Å². The van der Waals surface area contributed by atoms with Crippen LogP contribution in [0, 0.1) is 5.92 Å². The Morgan fingerprint density at radius 3 is 2.08 bits per heavy atom. The number of hydrogen-bond acceptors (Lipinski definition) is 3. The highest BCUT2D eigenvalue weighted by Gasteiger charge is 2.26. The average Bonchev–Trinajstić information content (AvgIpc) is 2.59. The first kappa shape index (κ1) is 23.4. The summed E-state index contributed by atoms with van der Waals surface area (Å²) in [6.45, 7) is 8.79. The van der Waals surface area contributed by atoms with Crippen molar-refractivity contribution in [2.45, 2.75) is 52.6 Å². The zero-order valence-electron chi connectivity index (χ0n) is 16.0. The van der Waals surface area contributed by atoms with Crippen LogP contribution in [0.4, 0.5) is 0 Å².